The van der Waals surface area contributed by atoms with E-state index in [4.69, 9.17) is 0 Å². The third-order valence-electron chi connectivity index (χ3n) is 4.94. The van der Waals surface area contributed by atoms with Crippen molar-refractivity contribution in [3.63, 3.8) is 0 Å². The van der Waals surface area contributed by atoms with Crippen LogP contribution in [0, 0.1) is 17.3 Å². The number of rotatable bonds is 2. The van der Waals surface area contributed by atoms with Crippen molar-refractivity contribution < 1.29 is 4.79 Å². The van der Waals surface area contributed by atoms with Gasteiger partial charge in [-0.2, -0.15) is 0 Å². The first-order valence-corrected chi connectivity index (χ1v) is 7.04. The van der Waals surface area contributed by atoms with E-state index >= 15 is 0 Å². The molecule has 0 aromatic rings. The first-order chi connectivity index (χ1) is 8.03. The molecule has 0 bridgehead atoms. The minimum Gasteiger partial charge on any atom is -0.353 e. The number of amides is 1. The van der Waals surface area contributed by atoms with Crippen molar-refractivity contribution in [2.24, 2.45) is 17.3 Å². The Morgan fingerprint density at radius 2 is 2.12 bits per heavy atom. The second kappa shape index (κ2) is 4.97. The van der Waals surface area contributed by atoms with Crippen LogP contribution in [0.15, 0.2) is 0 Å². The van der Waals surface area contributed by atoms with Gasteiger partial charge in [0, 0.05) is 12.6 Å². The smallest absolute Gasteiger partial charge is 0.227 e. The topological polar surface area (TPSA) is 41.1 Å². The van der Waals surface area contributed by atoms with Gasteiger partial charge in [0.1, 0.15) is 0 Å². The van der Waals surface area contributed by atoms with Crippen molar-refractivity contribution in [2.45, 2.75) is 52.5 Å². The van der Waals surface area contributed by atoms with Crippen LogP contribution in [0.3, 0.4) is 0 Å². The molecule has 1 aliphatic carbocycles. The van der Waals surface area contributed by atoms with E-state index in [0.29, 0.717) is 12.0 Å². The average molecular weight is 238 g/mol. The molecule has 1 amide bonds. The van der Waals surface area contributed by atoms with Gasteiger partial charge >= 0.3 is 0 Å². The fraction of sp³-hybridized carbons (Fsp3) is 0.929. The largest absolute Gasteiger partial charge is 0.353 e. The first-order valence-electron chi connectivity index (χ1n) is 7.04. The maximum atomic E-state index is 12.3. The molecule has 2 rings (SSSR count). The van der Waals surface area contributed by atoms with Gasteiger partial charge in [0.15, 0.2) is 0 Å². The third kappa shape index (κ3) is 2.65. The Hall–Kier alpha value is -0.570. The molecule has 4 unspecified atom stereocenters. The third-order valence-corrected chi connectivity index (χ3v) is 4.94. The van der Waals surface area contributed by atoms with Gasteiger partial charge in [-0.3, -0.25) is 4.79 Å². The van der Waals surface area contributed by atoms with Crippen LogP contribution in [-0.4, -0.2) is 25.0 Å². The van der Waals surface area contributed by atoms with Crippen molar-refractivity contribution in [1.29, 1.82) is 0 Å². The van der Waals surface area contributed by atoms with E-state index in [0.717, 1.165) is 31.8 Å². The molecule has 2 fully saturated rings. The van der Waals surface area contributed by atoms with Crippen LogP contribution in [0.5, 0.6) is 0 Å². The summed E-state index contributed by atoms with van der Waals surface area (Å²) >= 11 is 0. The van der Waals surface area contributed by atoms with Crippen LogP contribution in [0.4, 0.5) is 0 Å². The monoisotopic (exact) mass is 238 g/mol. The summed E-state index contributed by atoms with van der Waals surface area (Å²) in [6, 6.07) is 0.392. The molecule has 1 aliphatic heterocycles. The number of hydrogen-bond acceptors (Lipinski definition) is 2. The van der Waals surface area contributed by atoms with Crippen molar-refractivity contribution in [2.75, 3.05) is 13.1 Å². The fourth-order valence-electron chi connectivity index (χ4n) is 3.14. The average Bonchev–Trinajstić information content (AvgIpc) is 2.73. The van der Waals surface area contributed by atoms with E-state index in [-0.39, 0.29) is 11.3 Å². The Labute approximate surface area is 105 Å². The van der Waals surface area contributed by atoms with Gasteiger partial charge in [0.05, 0.1) is 5.41 Å². The molecule has 0 radical (unpaired) electrons. The lowest BCUT2D eigenvalue weighted by atomic mass is 9.77. The van der Waals surface area contributed by atoms with Gasteiger partial charge in [-0.25, -0.2) is 0 Å². The van der Waals surface area contributed by atoms with E-state index in [1.165, 1.54) is 12.8 Å². The van der Waals surface area contributed by atoms with Gasteiger partial charge in [0.2, 0.25) is 5.91 Å². The Morgan fingerprint density at radius 1 is 1.35 bits per heavy atom. The first kappa shape index (κ1) is 12.9. The predicted octanol–water partition coefficient (Wildman–Crippen LogP) is 1.93. The zero-order chi connectivity index (χ0) is 12.5. The molecule has 2 N–H and O–H groups in total. The van der Waals surface area contributed by atoms with Gasteiger partial charge in [-0.05, 0) is 38.1 Å². The molecule has 4 atom stereocenters. The molecule has 3 heteroatoms. The number of carbonyl (C=O) groups is 1. The standard InChI is InChI=1S/C14H26N2O/c1-10-5-4-6-12(11(10)2)16-13(17)14(3)7-8-15-9-14/h10-12,15H,4-9H2,1-3H3,(H,16,17). The van der Waals surface area contributed by atoms with Crippen molar-refractivity contribution in [3.8, 4) is 0 Å². The SMILES string of the molecule is CC1CCCC(NC(=O)C2(C)CCNC2)C1C. The Kier molecular flexibility index (Phi) is 3.76. The molecular formula is C14H26N2O. The van der Waals surface area contributed by atoms with Gasteiger partial charge in [0.25, 0.3) is 0 Å². The molecule has 0 spiro atoms. The molecule has 0 aromatic carbocycles. The second-order valence-corrected chi connectivity index (χ2v) is 6.33. The Morgan fingerprint density at radius 3 is 2.76 bits per heavy atom. The summed E-state index contributed by atoms with van der Waals surface area (Å²) in [4.78, 5) is 12.3. The van der Waals surface area contributed by atoms with E-state index < -0.39 is 0 Å². The summed E-state index contributed by atoms with van der Waals surface area (Å²) in [7, 11) is 0. The van der Waals surface area contributed by atoms with Crippen LogP contribution >= 0.6 is 0 Å². The van der Waals surface area contributed by atoms with Crippen LogP contribution in [-0.2, 0) is 4.79 Å². The van der Waals surface area contributed by atoms with E-state index in [9.17, 15) is 4.79 Å². The summed E-state index contributed by atoms with van der Waals surface area (Å²) in [6.07, 6.45) is 4.69. The van der Waals surface area contributed by atoms with E-state index in [1.54, 1.807) is 0 Å². The maximum Gasteiger partial charge on any atom is 0.227 e. The minimum absolute atomic E-state index is 0.180. The van der Waals surface area contributed by atoms with Crippen molar-refractivity contribution >= 4 is 5.91 Å². The minimum atomic E-state index is -0.180. The van der Waals surface area contributed by atoms with Crippen LogP contribution < -0.4 is 10.6 Å². The molecule has 3 nitrogen and oxygen atoms in total. The number of nitrogens with one attached hydrogen (secondary N) is 2. The highest BCUT2D eigenvalue weighted by atomic mass is 16.2. The normalized spacial score (nSPS) is 42.4. The van der Waals surface area contributed by atoms with Gasteiger partial charge < -0.3 is 10.6 Å². The predicted molar refractivity (Wildman–Crippen MR) is 69.7 cm³/mol. The lowest BCUT2D eigenvalue weighted by Crippen LogP contribution is -2.49. The molecule has 1 saturated carbocycles. The van der Waals surface area contributed by atoms with Crippen molar-refractivity contribution in [3.05, 3.63) is 0 Å². The zero-order valence-electron chi connectivity index (χ0n) is 11.4. The van der Waals surface area contributed by atoms with E-state index in [1.807, 2.05) is 0 Å². The summed E-state index contributed by atoms with van der Waals surface area (Å²) in [5, 5.41) is 6.59. The summed E-state index contributed by atoms with van der Waals surface area (Å²) in [5.74, 6) is 1.61. The highest BCUT2D eigenvalue weighted by Crippen LogP contribution is 2.31. The lowest BCUT2D eigenvalue weighted by molar-refractivity contribution is -0.130. The van der Waals surface area contributed by atoms with E-state index in [2.05, 4.69) is 31.4 Å². The summed E-state index contributed by atoms with van der Waals surface area (Å²) < 4.78 is 0. The van der Waals surface area contributed by atoms with Crippen LogP contribution in [0.2, 0.25) is 0 Å². The lowest BCUT2D eigenvalue weighted by Gasteiger charge is -2.36. The molecular weight excluding hydrogens is 212 g/mol. The number of carbonyl (C=O) groups excluding carboxylic acids is 1. The highest BCUT2D eigenvalue weighted by molar-refractivity contribution is 5.83. The van der Waals surface area contributed by atoms with Crippen molar-refractivity contribution in [1.82, 2.24) is 10.6 Å². The zero-order valence-corrected chi connectivity index (χ0v) is 11.4. The molecule has 17 heavy (non-hydrogen) atoms. The second-order valence-electron chi connectivity index (χ2n) is 6.33. The highest BCUT2D eigenvalue weighted by Gasteiger charge is 2.38. The fourth-order valence-corrected chi connectivity index (χ4v) is 3.14. The molecule has 0 aromatic heterocycles. The van der Waals surface area contributed by atoms with Crippen LogP contribution in [0.25, 0.3) is 0 Å². The molecule has 1 heterocycles. The summed E-state index contributed by atoms with van der Waals surface area (Å²) in [5.41, 5.74) is -0.180. The summed E-state index contributed by atoms with van der Waals surface area (Å²) in [6.45, 7) is 8.47. The number of hydrogen-bond donors (Lipinski definition) is 2. The van der Waals surface area contributed by atoms with Gasteiger partial charge in [-0.1, -0.05) is 26.7 Å². The molecule has 1 saturated heterocycles. The quantitative estimate of drug-likeness (QED) is 0.772. The molecule has 98 valence electrons. The Balaban J connectivity index is 1.93. The molecule has 2 aliphatic rings. The maximum absolute atomic E-state index is 12.3. The Bertz CT molecular complexity index is 284. The van der Waals surface area contributed by atoms with Gasteiger partial charge in [-0.15, -0.1) is 0 Å². The van der Waals surface area contributed by atoms with Crippen LogP contribution in [0.1, 0.15) is 46.5 Å².